The maximum absolute atomic E-state index is 10.3. The monoisotopic (exact) mass is 854 g/mol. The van der Waals surface area contributed by atoms with Crippen molar-refractivity contribution in [3.8, 4) is 17.6 Å². The molecule has 0 saturated carbocycles. The molecule has 0 N–H and O–H groups in total. The molecule has 0 aromatic heterocycles. The molecule has 0 heterocycles. The molecule has 6 nitrogen and oxygen atoms in total. The van der Waals surface area contributed by atoms with E-state index in [1.54, 1.807) is 26.4 Å². The Morgan fingerprint density at radius 3 is 1.26 bits per heavy atom. The number of hydrogen-bond acceptors (Lipinski definition) is 5. The van der Waals surface area contributed by atoms with Crippen molar-refractivity contribution in [2.45, 2.75) is 13.8 Å². The molecule has 0 aliphatic carbocycles. The molecule has 318 valence electrons. The van der Waals surface area contributed by atoms with E-state index in [1.165, 1.54) is 21.9 Å². The molecular weight excluding hydrogens is 809 g/mol. The van der Waals surface area contributed by atoms with Crippen LogP contribution in [0.4, 0.5) is 39.8 Å². The van der Waals surface area contributed by atoms with Crippen molar-refractivity contribution < 1.29 is 9.47 Å². The summed E-state index contributed by atoms with van der Waals surface area (Å²) in [5.74, 6) is 1.59. The standard InChI is InChI=1S/C60H46N4O2/c1-41-14-36-59(56-12-8-6-10-54(41)56)63(50-28-32-52(65-4)33-29-50)48-24-18-43(19-25-48)16-22-45-39-58(62-3)46(38-47(45)40-61)23-17-44-20-26-49(27-21-44)64(51-30-34-53(66-5)35-31-51)60-37-15-42(2)55-11-7-9-13-57(55)60/h6-39H,1-2,4-5H3/b22-16+,23-17+. The molecule has 6 heteroatoms. The third-order valence-corrected chi connectivity index (χ3v) is 12.0. The van der Waals surface area contributed by atoms with E-state index in [4.69, 9.17) is 16.0 Å². The summed E-state index contributed by atoms with van der Waals surface area (Å²) in [7, 11) is 3.35. The highest BCUT2D eigenvalue weighted by Gasteiger charge is 2.18. The van der Waals surface area contributed by atoms with Gasteiger partial charge in [-0.2, -0.15) is 5.26 Å². The highest BCUT2D eigenvalue weighted by molar-refractivity contribution is 6.02. The zero-order chi connectivity index (χ0) is 45.6. The molecule has 66 heavy (non-hydrogen) atoms. The van der Waals surface area contributed by atoms with Crippen molar-refractivity contribution in [2.75, 3.05) is 24.0 Å². The van der Waals surface area contributed by atoms with Crippen LogP contribution in [0.5, 0.6) is 11.5 Å². The van der Waals surface area contributed by atoms with Gasteiger partial charge in [0.15, 0.2) is 5.69 Å². The zero-order valence-corrected chi connectivity index (χ0v) is 37.2. The largest absolute Gasteiger partial charge is 0.497 e. The van der Waals surface area contributed by atoms with Crippen molar-refractivity contribution in [3.63, 3.8) is 0 Å². The fourth-order valence-corrected chi connectivity index (χ4v) is 8.50. The Hall–Kier alpha value is -8.84. The van der Waals surface area contributed by atoms with E-state index in [0.29, 0.717) is 22.4 Å². The average Bonchev–Trinajstić information content (AvgIpc) is 3.37. The van der Waals surface area contributed by atoms with Gasteiger partial charge in [0.05, 0.1) is 43.8 Å². The molecule has 0 saturated heterocycles. The normalized spacial score (nSPS) is 11.2. The molecule has 9 rings (SSSR count). The van der Waals surface area contributed by atoms with E-state index in [2.05, 4.69) is 180 Å². The van der Waals surface area contributed by atoms with Crippen LogP contribution < -0.4 is 19.3 Å². The fraction of sp³-hybridized carbons (Fsp3) is 0.0667. The summed E-state index contributed by atoms with van der Waals surface area (Å²) in [5.41, 5.74) is 12.8. The van der Waals surface area contributed by atoms with Crippen molar-refractivity contribution in [2.24, 2.45) is 0 Å². The van der Waals surface area contributed by atoms with E-state index >= 15 is 0 Å². The van der Waals surface area contributed by atoms with Gasteiger partial charge in [-0.1, -0.05) is 109 Å². The lowest BCUT2D eigenvalue weighted by molar-refractivity contribution is 0.414. The number of methoxy groups -OCH3 is 2. The number of ether oxygens (including phenoxy) is 2. The number of anilines is 6. The van der Waals surface area contributed by atoms with Crippen molar-refractivity contribution in [1.29, 1.82) is 5.26 Å². The molecule has 0 unspecified atom stereocenters. The summed E-state index contributed by atoms with van der Waals surface area (Å²) in [6.45, 7) is 12.4. The summed E-state index contributed by atoms with van der Waals surface area (Å²) in [6.07, 6.45) is 7.79. The van der Waals surface area contributed by atoms with Gasteiger partial charge in [0.2, 0.25) is 0 Å². The van der Waals surface area contributed by atoms with E-state index in [0.717, 1.165) is 67.5 Å². The van der Waals surface area contributed by atoms with Crippen LogP contribution in [0.25, 0.3) is 50.7 Å². The minimum atomic E-state index is 0.467. The van der Waals surface area contributed by atoms with Gasteiger partial charge in [-0.05, 0) is 155 Å². The van der Waals surface area contributed by atoms with Gasteiger partial charge in [-0.15, -0.1) is 0 Å². The number of nitrogens with zero attached hydrogens (tertiary/aromatic N) is 4. The molecule has 0 radical (unpaired) electrons. The van der Waals surface area contributed by atoms with Gasteiger partial charge in [0.1, 0.15) is 11.5 Å². The molecule has 0 amide bonds. The van der Waals surface area contributed by atoms with Gasteiger partial charge in [-0.3, -0.25) is 0 Å². The smallest absolute Gasteiger partial charge is 0.194 e. The predicted molar refractivity (Wildman–Crippen MR) is 275 cm³/mol. The highest BCUT2D eigenvalue weighted by Crippen LogP contribution is 2.42. The van der Waals surface area contributed by atoms with Crippen LogP contribution in [-0.2, 0) is 0 Å². The number of hydrogen-bond donors (Lipinski definition) is 0. The van der Waals surface area contributed by atoms with Crippen molar-refractivity contribution in [3.05, 3.63) is 232 Å². The van der Waals surface area contributed by atoms with E-state index < -0.39 is 0 Å². The van der Waals surface area contributed by atoms with E-state index in [1.807, 2.05) is 48.6 Å². The highest BCUT2D eigenvalue weighted by atomic mass is 16.5. The Morgan fingerprint density at radius 2 is 0.864 bits per heavy atom. The van der Waals surface area contributed by atoms with Crippen LogP contribution in [0.2, 0.25) is 0 Å². The Morgan fingerprint density at radius 1 is 0.470 bits per heavy atom. The van der Waals surface area contributed by atoms with Crippen molar-refractivity contribution in [1.82, 2.24) is 0 Å². The lowest BCUT2D eigenvalue weighted by Gasteiger charge is -2.27. The van der Waals surface area contributed by atoms with Crippen LogP contribution in [-0.4, -0.2) is 14.2 Å². The lowest BCUT2D eigenvalue weighted by atomic mass is 10.00. The predicted octanol–water partition coefficient (Wildman–Crippen LogP) is 16.3. The Labute approximate surface area is 386 Å². The molecule has 0 aliphatic rings. The first-order valence-corrected chi connectivity index (χ1v) is 21.7. The first-order valence-electron chi connectivity index (χ1n) is 21.7. The SMILES string of the molecule is [C-]#[N+]c1cc(/C=C/c2ccc(N(c3ccc(OC)cc3)c3ccc(C)c4ccccc34)cc2)c(C#N)cc1/C=C/c1ccc(N(c2ccc(OC)cc2)c2ccc(C)c3ccccc23)cc1. The van der Waals surface area contributed by atoms with Gasteiger partial charge < -0.3 is 19.3 Å². The Kier molecular flexibility index (Phi) is 12.1. The summed E-state index contributed by atoms with van der Waals surface area (Å²) < 4.78 is 10.9. The summed E-state index contributed by atoms with van der Waals surface area (Å²) in [5, 5.41) is 15.0. The second-order valence-electron chi connectivity index (χ2n) is 16.0. The number of rotatable bonds is 12. The average molecular weight is 855 g/mol. The van der Waals surface area contributed by atoms with Crippen LogP contribution in [0.15, 0.2) is 182 Å². The molecule has 9 aromatic rings. The van der Waals surface area contributed by atoms with E-state index in [-0.39, 0.29) is 0 Å². The Balaban J connectivity index is 0.977. The van der Waals surface area contributed by atoms with Gasteiger partial charge in [-0.25, -0.2) is 4.85 Å². The topological polar surface area (TPSA) is 53.1 Å². The quantitative estimate of drug-likeness (QED) is 0.0905. The van der Waals surface area contributed by atoms with Gasteiger partial charge in [0, 0.05) is 33.5 Å². The van der Waals surface area contributed by atoms with Crippen LogP contribution >= 0.6 is 0 Å². The number of benzene rings is 9. The summed E-state index contributed by atoms with van der Waals surface area (Å²) in [6, 6.07) is 64.5. The second-order valence-corrected chi connectivity index (χ2v) is 16.0. The third-order valence-electron chi connectivity index (χ3n) is 12.0. The van der Waals surface area contributed by atoms with Crippen molar-refractivity contribution >= 4 is 85.7 Å². The van der Waals surface area contributed by atoms with Gasteiger partial charge >= 0.3 is 0 Å². The van der Waals surface area contributed by atoms with E-state index in [9.17, 15) is 5.26 Å². The number of aryl methyl sites for hydroxylation is 2. The Bertz CT molecular complexity index is 3130. The maximum atomic E-state index is 10.3. The second kappa shape index (κ2) is 18.9. The fourth-order valence-electron chi connectivity index (χ4n) is 8.50. The number of fused-ring (bicyclic) bond motifs is 2. The van der Waals surface area contributed by atoms with Crippen LogP contribution in [0, 0.1) is 31.8 Å². The minimum Gasteiger partial charge on any atom is -0.497 e. The summed E-state index contributed by atoms with van der Waals surface area (Å²) in [4.78, 5) is 8.39. The third kappa shape index (κ3) is 8.60. The maximum Gasteiger partial charge on any atom is 0.194 e. The molecule has 0 aliphatic heterocycles. The lowest BCUT2D eigenvalue weighted by Crippen LogP contribution is -2.10. The first-order chi connectivity index (χ1) is 32.3. The zero-order valence-electron chi connectivity index (χ0n) is 37.2. The van der Waals surface area contributed by atoms with Crippen LogP contribution in [0.1, 0.15) is 38.9 Å². The number of nitriles is 1. The summed E-state index contributed by atoms with van der Waals surface area (Å²) >= 11 is 0. The first kappa shape index (κ1) is 42.5. The molecule has 0 spiro atoms. The minimum absolute atomic E-state index is 0.467. The molecule has 0 atom stereocenters. The molecular formula is C60H46N4O2. The molecule has 0 bridgehead atoms. The van der Waals surface area contributed by atoms with Gasteiger partial charge in [0.25, 0.3) is 0 Å². The molecule has 9 aromatic carbocycles. The van der Waals surface area contributed by atoms with Crippen LogP contribution in [0.3, 0.4) is 0 Å². The molecule has 0 fully saturated rings.